The summed E-state index contributed by atoms with van der Waals surface area (Å²) in [6.07, 6.45) is 6.59. The molecule has 0 spiro atoms. The number of nitrogens with one attached hydrogen (secondary N) is 1. The van der Waals surface area contributed by atoms with Crippen LogP contribution >= 0.6 is 0 Å². The van der Waals surface area contributed by atoms with Crippen molar-refractivity contribution in [3.8, 4) is 0 Å². The van der Waals surface area contributed by atoms with Crippen molar-refractivity contribution < 1.29 is 18.7 Å². The van der Waals surface area contributed by atoms with E-state index in [-0.39, 0.29) is 24.6 Å². The molecule has 2 aromatic rings. The summed E-state index contributed by atoms with van der Waals surface area (Å²) in [7, 11) is 0. The second-order valence-electron chi connectivity index (χ2n) is 10.8. The summed E-state index contributed by atoms with van der Waals surface area (Å²) in [5.41, 5.74) is 1.76. The Morgan fingerprint density at radius 2 is 1.89 bits per heavy atom. The molecule has 0 unspecified atom stereocenters. The standard InChI is InChI=1S/C28H38F2N6O2/c1-3-21-16-35(27-18(2)32-25(15-31-27)28(38)33-20-5-6-20)12-13-36(21)22-8-10-34(11-9-22)26(17-37)19-4-7-23(29)24(30)14-19/h4,7,14-15,20-22,26,37H,3,5-6,8-13,16-17H2,1-2H3,(H,33,38)/t21-,26+/m0/s1. The molecule has 5 rings (SSSR count). The highest BCUT2D eigenvalue weighted by Gasteiger charge is 2.35. The number of benzene rings is 1. The van der Waals surface area contributed by atoms with Crippen molar-refractivity contribution in [2.75, 3.05) is 44.2 Å². The van der Waals surface area contributed by atoms with Gasteiger partial charge < -0.3 is 15.3 Å². The fourth-order valence-electron chi connectivity index (χ4n) is 5.97. The van der Waals surface area contributed by atoms with Crippen LogP contribution in [-0.4, -0.2) is 88.2 Å². The summed E-state index contributed by atoms with van der Waals surface area (Å²) in [6.45, 7) is 8.20. The molecule has 2 aliphatic heterocycles. The minimum absolute atomic E-state index is 0.132. The van der Waals surface area contributed by atoms with Crippen LogP contribution in [0, 0.1) is 18.6 Å². The monoisotopic (exact) mass is 528 g/mol. The zero-order chi connectivity index (χ0) is 26.8. The molecule has 1 saturated carbocycles. The van der Waals surface area contributed by atoms with Gasteiger partial charge >= 0.3 is 0 Å². The molecule has 2 N–H and O–H groups in total. The molecule has 2 atom stereocenters. The van der Waals surface area contributed by atoms with Gasteiger partial charge in [0.25, 0.3) is 5.91 Å². The van der Waals surface area contributed by atoms with Gasteiger partial charge in [-0.25, -0.2) is 18.7 Å². The number of aliphatic hydroxyl groups is 1. The zero-order valence-corrected chi connectivity index (χ0v) is 22.2. The van der Waals surface area contributed by atoms with Gasteiger partial charge in [-0.2, -0.15) is 0 Å². The van der Waals surface area contributed by atoms with E-state index in [1.165, 1.54) is 6.07 Å². The van der Waals surface area contributed by atoms with Crippen LogP contribution in [0.15, 0.2) is 24.4 Å². The summed E-state index contributed by atoms with van der Waals surface area (Å²) in [5, 5.41) is 13.0. The Morgan fingerprint density at radius 1 is 1.13 bits per heavy atom. The molecule has 1 aromatic heterocycles. The third-order valence-electron chi connectivity index (χ3n) is 8.28. The normalized spacial score (nSPS) is 22.4. The lowest BCUT2D eigenvalue weighted by molar-refractivity contribution is 0.0355. The lowest BCUT2D eigenvalue weighted by Crippen LogP contribution is -2.58. The number of piperazine rings is 1. The quantitative estimate of drug-likeness (QED) is 0.545. The average molecular weight is 529 g/mol. The van der Waals surface area contributed by atoms with Crippen molar-refractivity contribution in [2.24, 2.45) is 0 Å². The molecule has 1 aliphatic carbocycles. The number of hydrogen-bond donors (Lipinski definition) is 2. The van der Waals surface area contributed by atoms with Crippen LogP contribution in [-0.2, 0) is 0 Å². The summed E-state index contributed by atoms with van der Waals surface area (Å²) in [6, 6.07) is 4.66. The van der Waals surface area contributed by atoms with Crippen molar-refractivity contribution in [1.82, 2.24) is 25.1 Å². The second kappa shape index (κ2) is 11.6. The molecule has 0 radical (unpaired) electrons. The predicted molar refractivity (Wildman–Crippen MR) is 141 cm³/mol. The summed E-state index contributed by atoms with van der Waals surface area (Å²) < 4.78 is 27.2. The van der Waals surface area contributed by atoms with Crippen LogP contribution in [0.5, 0.6) is 0 Å². The van der Waals surface area contributed by atoms with E-state index in [2.05, 4.69) is 36.9 Å². The van der Waals surface area contributed by atoms with Gasteiger partial charge in [0.05, 0.1) is 24.5 Å². The highest BCUT2D eigenvalue weighted by atomic mass is 19.2. The molecule has 10 heteroatoms. The Balaban J connectivity index is 1.19. The van der Waals surface area contributed by atoms with E-state index >= 15 is 0 Å². The number of carbonyl (C=O) groups is 1. The van der Waals surface area contributed by atoms with Gasteiger partial charge in [0.15, 0.2) is 11.6 Å². The Kier molecular flexibility index (Phi) is 8.20. The van der Waals surface area contributed by atoms with Gasteiger partial charge in [-0.15, -0.1) is 0 Å². The number of likely N-dealkylation sites (tertiary alicyclic amines) is 1. The largest absolute Gasteiger partial charge is 0.394 e. The number of hydrogen-bond acceptors (Lipinski definition) is 7. The SMILES string of the molecule is CC[C@H]1CN(c2ncc(C(=O)NC3CC3)nc2C)CCN1C1CCN([C@H](CO)c2ccc(F)c(F)c2)CC1. The fraction of sp³-hybridized carbons (Fsp3) is 0.607. The maximum Gasteiger partial charge on any atom is 0.271 e. The van der Waals surface area contributed by atoms with E-state index in [0.29, 0.717) is 23.3 Å². The van der Waals surface area contributed by atoms with E-state index < -0.39 is 11.6 Å². The number of aryl methyl sites for hydroxylation is 1. The van der Waals surface area contributed by atoms with Crippen molar-refractivity contribution >= 4 is 11.7 Å². The maximum absolute atomic E-state index is 13.8. The highest BCUT2D eigenvalue weighted by Crippen LogP contribution is 2.30. The number of aliphatic hydroxyl groups excluding tert-OH is 1. The highest BCUT2D eigenvalue weighted by molar-refractivity contribution is 5.92. The predicted octanol–water partition coefficient (Wildman–Crippen LogP) is 3.05. The number of anilines is 1. The fourth-order valence-corrected chi connectivity index (χ4v) is 5.97. The Hall–Kier alpha value is -2.69. The first-order chi connectivity index (χ1) is 18.4. The van der Waals surface area contributed by atoms with Crippen LogP contribution in [0.3, 0.4) is 0 Å². The van der Waals surface area contributed by atoms with Gasteiger partial charge in [0.2, 0.25) is 0 Å². The van der Waals surface area contributed by atoms with Crippen LogP contribution in [0.4, 0.5) is 14.6 Å². The molecule has 2 saturated heterocycles. The Morgan fingerprint density at radius 3 is 2.53 bits per heavy atom. The molecule has 3 aliphatic rings. The number of amides is 1. The van der Waals surface area contributed by atoms with E-state index in [1.54, 1.807) is 12.3 Å². The lowest BCUT2D eigenvalue weighted by Gasteiger charge is -2.48. The molecular formula is C28H38F2N6O2. The van der Waals surface area contributed by atoms with Gasteiger partial charge in [-0.1, -0.05) is 13.0 Å². The average Bonchev–Trinajstić information content (AvgIpc) is 3.75. The van der Waals surface area contributed by atoms with E-state index in [1.807, 2.05) is 6.92 Å². The molecule has 3 fully saturated rings. The molecule has 3 heterocycles. The first-order valence-corrected chi connectivity index (χ1v) is 13.8. The number of carbonyl (C=O) groups excluding carboxylic acids is 1. The second-order valence-corrected chi connectivity index (χ2v) is 10.8. The molecule has 206 valence electrons. The topological polar surface area (TPSA) is 84.8 Å². The Bertz CT molecular complexity index is 1140. The molecular weight excluding hydrogens is 490 g/mol. The summed E-state index contributed by atoms with van der Waals surface area (Å²) >= 11 is 0. The summed E-state index contributed by atoms with van der Waals surface area (Å²) in [5.74, 6) is -1.05. The summed E-state index contributed by atoms with van der Waals surface area (Å²) in [4.78, 5) is 28.6. The molecule has 38 heavy (non-hydrogen) atoms. The Labute approximate surface area is 223 Å². The lowest BCUT2D eigenvalue weighted by atomic mass is 9.95. The van der Waals surface area contributed by atoms with Crippen molar-refractivity contribution in [2.45, 2.75) is 70.1 Å². The van der Waals surface area contributed by atoms with Crippen LogP contribution in [0.1, 0.15) is 66.8 Å². The minimum Gasteiger partial charge on any atom is -0.394 e. The van der Waals surface area contributed by atoms with Gasteiger partial charge in [0.1, 0.15) is 11.5 Å². The van der Waals surface area contributed by atoms with Crippen molar-refractivity contribution in [3.63, 3.8) is 0 Å². The first-order valence-electron chi connectivity index (χ1n) is 13.8. The van der Waals surface area contributed by atoms with Crippen molar-refractivity contribution in [1.29, 1.82) is 0 Å². The first kappa shape index (κ1) is 26.9. The minimum atomic E-state index is -0.879. The van der Waals surface area contributed by atoms with Crippen LogP contribution < -0.4 is 10.2 Å². The van der Waals surface area contributed by atoms with Crippen LogP contribution in [0.2, 0.25) is 0 Å². The molecule has 1 amide bonds. The zero-order valence-electron chi connectivity index (χ0n) is 22.2. The van der Waals surface area contributed by atoms with Gasteiger partial charge in [-0.05, 0) is 56.7 Å². The van der Waals surface area contributed by atoms with Crippen molar-refractivity contribution in [3.05, 3.63) is 53.0 Å². The molecule has 0 bridgehead atoms. The number of piperidine rings is 1. The van der Waals surface area contributed by atoms with Gasteiger partial charge in [0, 0.05) is 50.8 Å². The molecule has 1 aromatic carbocycles. The number of aromatic nitrogens is 2. The van der Waals surface area contributed by atoms with E-state index in [0.717, 1.165) is 82.4 Å². The number of rotatable bonds is 8. The van der Waals surface area contributed by atoms with Crippen LogP contribution in [0.25, 0.3) is 0 Å². The number of nitrogens with zero attached hydrogens (tertiary/aromatic N) is 5. The third kappa shape index (κ3) is 5.82. The smallest absolute Gasteiger partial charge is 0.271 e. The molecule has 8 nitrogen and oxygen atoms in total. The third-order valence-corrected chi connectivity index (χ3v) is 8.28. The maximum atomic E-state index is 13.8. The van der Waals surface area contributed by atoms with E-state index in [4.69, 9.17) is 0 Å². The van der Waals surface area contributed by atoms with E-state index in [9.17, 15) is 18.7 Å². The number of halogens is 2. The van der Waals surface area contributed by atoms with Gasteiger partial charge in [-0.3, -0.25) is 14.6 Å².